The monoisotopic (exact) mass is 254 g/mol. The predicted octanol–water partition coefficient (Wildman–Crippen LogP) is 2.22. The molecule has 0 unspecified atom stereocenters. The molecule has 2 heterocycles. The van der Waals surface area contributed by atoms with Crippen LogP contribution in [0.5, 0.6) is 0 Å². The summed E-state index contributed by atoms with van der Waals surface area (Å²) in [6.45, 7) is 14.0. The van der Waals surface area contributed by atoms with Crippen molar-refractivity contribution in [3.63, 3.8) is 0 Å². The van der Waals surface area contributed by atoms with E-state index in [1.807, 2.05) is 0 Å². The summed E-state index contributed by atoms with van der Waals surface area (Å²) in [4.78, 5) is 5.25. The van der Waals surface area contributed by atoms with Crippen LogP contribution in [-0.4, -0.2) is 61.3 Å². The lowest BCUT2D eigenvalue weighted by Crippen LogP contribution is -2.48. The number of morpholine rings is 1. The summed E-state index contributed by atoms with van der Waals surface area (Å²) in [5.41, 5.74) is 0. The van der Waals surface area contributed by atoms with Crippen LogP contribution in [0.3, 0.4) is 0 Å². The van der Waals surface area contributed by atoms with Crippen molar-refractivity contribution in [1.82, 2.24) is 9.80 Å². The molecule has 0 amide bonds. The van der Waals surface area contributed by atoms with Crippen molar-refractivity contribution in [2.75, 3.05) is 39.3 Å². The smallest absolute Gasteiger partial charge is 0.0678 e. The highest BCUT2D eigenvalue weighted by molar-refractivity contribution is 4.76. The van der Waals surface area contributed by atoms with Crippen LogP contribution in [0.25, 0.3) is 0 Å². The number of ether oxygens (including phenoxy) is 1. The molecule has 3 nitrogen and oxygen atoms in total. The van der Waals surface area contributed by atoms with E-state index in [4.69, 9.17) is 4.74 Å². The molecule has 0 spiro atoms. The number of rotatable bonds is 4. The van der Waals surface area contributed by atoms with Gasteiger partial charge >= 0.3 is 0 Å². The van der Waals surface area contributed by atoms with Gasteiger partial charge in [-0.3, -0.25) is 4.90 Å². The maximum absolute atomic E-state index is 5.79. The van der Waals surface area contributed by atoms with E-state index in [9.17, 15) is 0 Å². The average molecular weight is 254 g/mol. The van der Waals surface area contributed by atoms with Gasteiger partial charge in [-0.15, -0.1) is 0 Å². The Morgan fingerprint density at radius 2 is 1.67 bits per heavy atom. The third-order valence-corrected chi connectivity index (χ3v) is 4.41. The number of nitrogens with zero attached hydrogens (tertiary/aromatic N) is 2. The quantitative estimate of drug-likeness (QED) is 0.765. The molecule has 2 fully saturated rings. The Bertz CT molecular complexity index is 237. The molecule has 2 rings (SSSR count). The zero-order valence-electron chi connectivity index (χ0n) is 12.4. The van der Waals surface area contributed by atoms with Gasteiger partial charge in [0, 0.05) is 32.7 Å². The van der Waals surface area contributed by atoms with Gasteiger partial charge in [-0.2, -0.15) is 0 Å². The zero-order valence-corrected chi connectivity index (χ0v) is 12.4. The number of hydrogen-bond donors (Lipinski definition) is 0. The summed E-state index contributed by atoms with van der Waals surface area (Å²) in [6, 6.07) is 0. The molecule has 106 valence electrons. The molecule has 3 heteroatoms. The van der Waals surface area contributed by atoms with Gasteiger partial charge in [-0.25, -0.2) is 0 Å². The van der Waals surface area contributed by atoms with E-state index in [-0.39, 0.29) is 0 Å². The lowest BCUT2D eigenvalue weighted by molar-refractivity contribution is -0.0698. The predicted molar refractivity (Wildman–Crippen MR) is 75.9 cm³/mol. The second-order valence-electron chi connectivity index (χ2n) is 6.23. The van der Waals surface area contributed by atoms with Crippen LogP contribution in [0.4, 0.5) is 0 Å². The van der Waals surface area contributed by atoms with Crippen LogP contribution < -0.4 is 0 Å². The van der Waals surface area contributed by atoms with E-state index in [0.29, 0.717) is 12.2 Å². The largest absolute Gasteiger partial charge is 0.373 e. The highest BCUT2D eigenvalue weighted by atomic mass is 16.5. The first kappa shape index (κ1) is 14.3. The first-order chi connectivity index (χ1) is 8.67. The van der Waals surface area contributed by atoms with Crippen molar-refractivity contribution in [2.45, 2.75) is 52.2 Å². The van der Waals surface area contributed by atoms with Crippen molar-refractivity contribution < 1.29 is 4.74 Å². The van der Waals surface area contributed by atoms with Crippen molar-refractivity contribution >= 4 is 0 Å². The summed E-state index contributed by atoms with van der Waals surface area (Å²) in [6.07, 6.45) is 4.99. The van der Waals surface area contributed by atoms with Gasteiger partial charge < -0.3 is 9.64 Å². The summed E-state index contributed by atoms with van der Waals surface area (Å²) >= 11 is 0. The Morgan fingerprint density at radius 1 is 1.00 bits per heavy atom. The van der Waals surface area contributed by atoms with E-state index >= 15 is 0 Å². The normalized spacial score (nSPS) is 35.8. The molecule has 0 N–H and O–H groups in total. The van der Waals surface area contributed by atoms with E-state index in [0.717, 1.165) is 19.0 Å². The van der Waals surface area contributed by atoms with Crippen molar-refractivity contribution in [3.8, 4) is 0 Å². The molecular formula is C15H30N2O. The van der Waals surface area contributed by atoms with Crippen LogP contribution in [-0.2, 0) is 4.74 Å². The number of hydrogen-bond acceptors (Lipinski definition) is 3. The molecule has 0 aliphatic carbocycles. The summed E-state index contributed by atoms with van der Waals surface area (Å²) in [7, 11) is 0. The topological polar surface area (TPSA) is 15.7 Å². The van der Waals surface area contributed by atoms with E-state index in [2.05, 4.69) is 30.6 Å². The molecule has 0 bridgehead atoms. The van der Waals surface area contributed by atoms with Gasteiger partial charge in [0.15, 0.2) is 0 Å². The second kappa shape index (κ2) is 6.88. The van der Waals surface area contributed by atoms with Gasteiger partial charge in [0.2, 0.25) is 0 Å². The van der Waals surface area contributed by atoms with Gasteiger partial charge in [0.25, 0.3) is 0 Å². The third kappa shape index (κ3) is 4.22. The van der Waals surface area contributed by atoms with E-state index < -0.39 is 0 Å². The van der Waals surface area contributed by atoms with Crippen LogP contribution in [0.15, 0.2) is 0 Å². The van der Waals surface area contributed by atoms with Crippen molar-refractivity contribution in [1.29, 1.82) is 0 Å². The second-order valence-corrected chi connectivity index (χ2v) is 6.23. The highest BCUT2D eigenvalue weighted by Gasteiger charge is 2.23. The zero-order chi connectivity index (χ0) is 13.0. The first-order valence-corrected chi connectivity index (χ1v) is 7.77. The Morgan fingerprint density at radius 3 is 2.33 bits per heavy atom. The maximum atomic E-state index is 5.79. The minimum Gasteiger partial charge on any atom is -0.373 e. The minimum absolute atomic E-state index is 0.401. The SMILES string of the molecule is CC[C@H]1CCCN(CCN2C[C@@H](C)O[C@@H](C)C2)C1. The van der Waals surface area contributed by atoms with E-state index in [1.165, 1.54) is 45.4 Å². The van der Waals surface area contributed by atoms with Crippen LogP contribution in [0.1, 0.15) is 40.0 Å². The molecule has 0 aromatic carbocycles. The van der Waals surface area contributed by atoms with Crippen molar-refractivity contribution in [2.24, 2.45) is 5.92 Å². The average Bonchev–Trinajstić information content (AvgIpc) is 2.35. The number of piperidine rings is 1. The molecule has 2 saturated heterocycles. The molecular weight excluding hydrogens is 224 g/mol. The first-order valence-electron chi connectivity index (χ1n) is 7.77. The highest BCUT2D eigenvalue weighted by Crippen LogP contribution is 2.19. The van der Waals surface area contributed by atoms with Gasteiger partial charge in [-0.05, 0) is 39.2 Å². The van der Waals surface area contributed by atoms with Crippen LogP contribution in [0, 0.1) is 5.92 Å². The number of likely N-dealkylation sites (tertiary alicyclic amines) is 1. The Hall–Kier alpha value is -0.120. The van der Waals surface area contributed by atoms with Gasteiger partial charge in [0.05, 0.1) is 12.2 Å². The Kier molecular flexibility index (Phi) is 5.46. The molecule has 0 radical (unpaired) electrons. The molecule has 2 aliphatic rings. The fourth-order valence-electron chi connectivity index (χ4n) is 3.44. The van der Waals surface area contributed by atoms with E-state index in [1.54, 1.807) is 0 Å². The molecule has 2 aliphatic heterocycles. The van der Waals surface area contributed by atoms with Crippen LogP contribution >= 0.6 is 0 Å². The maximum Gasteiger partial charge on any atom is 0.0678 e. The summed E-state index contributed by atoms with van der Waals surface area (Å²) in [5, 5.41) is 0. The fourth-order valence-corrected chi connectivity index (χ4v) is 3.44. The molecule has 0 aromatic rings. The Balaban J connectivity index is 1.70. The van der Waals surface area contributed by atoms with Crippen molar-refractivity contribution in [3.05, 3.63) is 0 Å². The lowest BCUT2D eigenvalue weighted by atomic mass is 9.96. The lowest BCUT2D eigenvalue weighted by Gasteiger charge is -2.38. The van der Waals surface area contributed by atoms with Crippen LogP contribution in [0.2, 0.25) is 0 Å². The van der Waals surface area contributed by atoms with Gasteiger partial charge in [-0.1, -0.05) is 13.3 Å². The fraction of sp³-hybridized carbons (Fsp3) is 1.00. The molecule has 3 atom stereocenters. The molecule has 18 heavy (non-hydrogen) atoms. The van der Waals surface area contributed by atoms with Gasteiger partial charge in [0.1, 0.15) is 0 Å². The summed E-state index contributed by atoms with van der Waals surface area (Å²) in [5.74, 6) is 0.946. The Labute approximate surface area is 112 Å². The third-order valence-electron chi connectivity index (χ3n) is 4.41. The standard InChI is InChI=1S/C15H30N2O/c1-4-15-6-5-7-16(12-15)8-9-17-10-13(2)18-14(3)11-17/h13-15H,4-12H2,1-3H3/t13-,14+,15-/m0/s1. The molecule has 0 saturated carbocycles. The summed E-state index contributed by atoms with van der Waals surface area (Å²) < 4.78 is 5.79. The minimum atomic E-state index is 0.401. The molecule has 0 aromatic heterocycles.